The van der Waals surface area contributed by atoms with Crippen molar-refractivity contribution in [3.8, 4) is 11.1 Å². The maximum absolute atomic E-state index is 12.5. The molecule has 0 aliphatic rings. The second-order valence-corrected chi connectivity index (χ2v) is 5.22. The number of para-hydroxylation sites is 1. The summed E-state index contributed by atoms with van der Waals surface area (Å²) in [6.45, 7) is 0. The number of benzene rings is 2. The minimum Gasteiger partial charge on any atom is -0.273 e. The number of rotatable bonds is 1. The van der Waals surface area contributed by atoms with E-state index in [4.69, 9.17) is 0 Å². The van der Waals surface area contributed by atoms with E-state index in [0.717, 1.165) is 5.52 Å². The Morgan fingerprint density at radius 3 is 2.20 bits per heavy atom. The first-order valence-electron chi connectivity index (χ1n) is 7.51. The Morgan fingerprint density at radius 1 is 0.800 bits per heavy atom. The fraction of sp³-hybridized carbons (Fsp3) is 0.0526. The molecule has 25 heavy (non-hydrogen) atoms. The number of aromatic amines is 1. The highest BCUT2D eigenvalue weighted by molar-refractivity contribution is 5.77. The lowest BCUT2D eigenvalue weighted by Gasteiger charge is -2.06. The molecule has 1 N–H and O–H groups in total. The van der Waals surface area contributed by atoms with Crippen molar-refractivity contribution in [2.75, 3.05) is 0 Å². The van der Waals surface area contributed by atoms with Gasteiger partial charge in [-0.25, -0.2) is 0 Å². The molecule has 0 saturated heterocycles. The van der Waals surface area contributed by atoms with E-state index >= 15 is 0 Å². The summed E-state index contributed by atoms with van der Waals surface area (Å²) in [6, 6.07) is 20.4. The van der Waals surface area contributed by atoms with Crippen molar-refractivity contribution in [3.63, 3.8) is 0 Å². The number of hydrogen-bond donors (Lipinski definition) is 1. The molecule has 126 valence electrons. The average molecular weight is 341 g/mol. The lowest BCUT2D eigenvalue weighted by molar-refractivity contribution is -0.140. The van der Waals surface area contributed by atoms with E-state index in [1.807, 2.05) is 35.6 Å². The van der Waals surface area contributed by atoms with Gasteiger partial charge < -0.3 is 0 Å². The van der Waals surface area contributed by atoms with Gasteiger partial charge in [-0.2, -0.15) is 18.3 Å². The summed E-state index contributed by atoms with van der Waals surface area (Å²) in [5, 5.41) is 6.59. The van der Waals surface area contributed by atoms with Crippen molar-refractivity contribution in [2.24, 2.45) is 0 Å². The molecule has 4 aromatic rings. The summed E-state index contributed by atoms with van der Waals surface area (Å²) in [6.07, 6.45) is -1.41. The number of nitrogens with zero attached hydrogens (tertiary/aromatic N) is 2. The third-order valence-electron chi connectivity index (χ3n) is 3.52. The molecule has 0 spiro atoms. The van der Waals surface area contributed by atoms with Gasteiger partial charge in [0.2, 0.25) is 0 Å². The number of fused-ring (bicyclic) bond motifs is 1. The fourth-order valence-corrected chi connectivity index (χ4v) is 2.35. The normalized spacial score (nSPS) is 11.0. The first-order chi connectivity index (χ1) is 12.1. The number of aromatic nitrogens is 3. The Bertz CT molecular complexity index is 881. The minimum absolute atomic E-state index is 0.0723. The summed E-state index contributed by atoms with van der Waals surface area (Å²) in [5.74, 6) is 0. The van der Waals surface area contributed by atoms with Gasteiger partial charge in [-0.1, -0.05) is 54.6 Å². The van der Waals surface area contributed by atoms with E-state index in [1.165, 1.54) is 11.6 Å². The second kappa shape index (κ2) is 7.17. The highest BCUT2D eigenvalue weighted by Gasteiger charge is 2.35. The summed E-state index contributed by atoms with van der Waals surface area (Å²) in [5.41, 5.74) is 0.820. The minimum atomic E-state index is -4.40. The van der Waals surface area contributed by atoms with Crippen LogP contribution in [0.1, 0.15) is 5.69 Å². The monoisotopic (exact) mass is 341 g/mol. The fourth-order valence-electron chi connectivity index (χ4n) is 2.35. The van der Waals surface area contributed by atoms with Gasteiger partial charge in [0.05, 0.1) is 11.7 Å². The summed E-state index contributed by atoms with van der Waals surface area (Å²) in [7, 11) is 0. The number of alkyl halides is 3. The molecule has 6 heteroatoms. The smallest absolute Gasteiger partial charge is 0.273 e. The maximum atomic E-state index is 12.5. The standard InChI is InChI=1S/C10H7F3N2.C9H7N/c11-10(12,13)9-8(6-14-15-9)7-4-2-1-3-5-7;1-2-6-9-8(4-1)5-3-7-10-9/h1-6H,(H,14,15);1-7H. The first-order valence-corrected chi connectivity index (χ1v) is 7.51. The lowest BCUT2D eigenvalue weighted by Crippen LogP contribution is -2.07. The van der Waals surface area contributed by atoms with Crippen LogP contribution in [0, 0.1) is 0 Å². The number of halogens is 3. The Kier molecular flexibility index (Phi) is 4.79. The molecule has 0 bridgehead atoms. The van der Waals surface area contributed by atoms with Gasteiger partial charge in [0.25, 0.3) is 0 Å². The third-order valence-corrected chi connectivity index (χ3v) is 3.52. The number of pyridine rings is 1. The molecule has 0 aliphatic carbocycles. The predicted octanol–water partition coefficient (Wildman–Crippen LogP) is 5.33. The van der Waals surface area contributed by atoms with E-state index in [0.29, 0.717) is 5.56 Å². The van der Waals surface area contributed by atoms with Crippen LogP contribution in [0.3, 0.4) is 0 Å². The number of nitrogens with one attached hydrogen (secondary N) is 1. The van der Waals surface area contributed by atoms with Crippen molar-refractivity contribution < 1.29 is 13.2 Å². The molecule has 4 rings (SSSR count). The molecular formula is C19H14F3N3. The van der Waals surface area contributed by atoms with Crippen LogP contribution in [0.4, 0.5) is 13.2 Å². The first kappa shape index (κ1) is 16.7. The Labute approximate surface area is 142 Å². The van der Waals surface area contributed by atoms with E-state index in [2.05, 4.69) is 22.2 Å². The van der Waals surface area contributed by atoms with Crippen molar-refractivity contribution in [2.45, 2.75) is 6.18 Å². The zero-order valence-corrected chi connectivity index (χ0v) is 13.0. The van der Waals surface area contributed by atoms with E-state index in [1.54, 1.807) is 30.3 Å². The zero-order valence-electron chi connectivity index (χ0n) is 13.0. The predicted molar refractivity (Wildman–Crippen MR) is 90.8 cm³/mol. The molecule has 2 aromatic carbocycles. The largest absolute Gasteiger partial charge is 0.433 e. The molecule has 3 nitrogen and oxygen atoms in total. The van der Waals surface area contributed by atoms with Gasteiger partial charge in [-0.15, -0.1) is 0 Å². The van der Waals surface area contributed by atoms with E-state index in [9.17, 15) is 13.2 Å². The molecule has 0 unspecified atom stereocenters. The van der Waals surface area contributed by atoms with E-state index < -0.39 is 11.9 Å². The van der Waals surface area contributed by atoms with Gasteiger partial charge in [-0.05, 0) is 17.7 Å². The summed E-state index contributed by atoms with van der Waals surface area (Å²) >= 11 is 0. The van der Waals surface area contributed by atoms with Crippen molar-refractivity contribution in [3.05, 3.63) is 84.8 Å². The van der Waals surface area contributed by atoms with E-state index in [-0.39, 0.29) is 5.56 Å². The third kappa shape index (κ3) is 4.03. The quantitative estimate of drug-likeness (QED) is 0.508. The lowest BCUT2D eigenvalue weighted by atomic mass is 10.1. The molecule has 0 fully saturated rings. The average Bonchev–Trinajstić information content (AvgIpc) is 3.13. The molecule has 0 amide bonds. The molecule has 2 aromatic heterocycles. The summed E-state index contributed by atoms with van der Waals surface area (Å²) in [4.78, 5) is 4.18. The highest BCUT2D eigenvalue weighted by atomic mass is 19.4. The maximum Gasteiger partial charge on any atom is 0.433 e. The Hall–Kier alpha value is -3.15. The van der Waals surface area contributed by atoms with Crippen LogP contribution in [0.5, 0.6) is 0 Å². The van der Waals surface area contributed by atoms with Gasteiger partial charge in [0.1, 0.15) is 5.69 Å². The highest BCUT2D eigenvalue weighted by Crippen LogP contribution is 2.34. The number of H-pyrrole nitrogens is 1. The van der Waals surface area contributed by atoms with Crippen molar-refractivity contribution in [1.29, 1.82) is 0 Å². The molecule has 2 heterocycles. The zero-order chi connectivity index (χ0) is 17.7. The van der Waals surface area contributed by atoms with Gasteiger partial charge >= 0.3 is 6.18 Å². The van der Waals surface area contributed by atoms with Crippen LogP contribution in [0.2, 0.25) is 0 Å². The van der Waals surface area contributed by atoms with Crippen LogP contribution in [-0.4, -0.2) is 15.2 Å². The van der Waals surface area contributed by atoms with Gasteiger partial charge in [0, 0.05) is 17.1 Å². The Balaban J connectivity index is 0.000000157. The molecule has 0 radical (unpaired) electrons. The SMILES string of the molecule is FC(F)(F)c1[nH]ncc1-c1ccccc1.c1ccc2ncccc2c1. The van der Waals surface area contributed by atoms with Crippen molar-refractivity contribution >= 4 is 10.9 Å². The topological polar surface area (TPSA) is 41.6 Å². The van der Waals surface area contributed by atoms with Crippen LogP contribution in [-0.2, 0) is 6.18 Å². The second-order valence-electron chi connectivity index (χ2n) is 5.22. The Morgan fingerprint density at radius 2 is 1.48 bits per heavy atom. The van der Waals surface area contributed by atoms with Crippen LogP contribution in [0.15, 0.2) is 79.1 Å². The molecular weight excluding hydrogens is 327 g/mol. The molecule has 0 atom stereocenters. The van der Waals surface area contributed by atoms with Crippen LogP contribution in [0.25, 0.3) is 22.0 Å². The van der Waals surface area contributed by atoms with Crippen LogP contribution >= 0.6 is 0 Å². The van der Waals surface area contributed by atoms with Gasteiger partial charge in [0.15, 0.2) is 0 Å². The summed E-state index contributed by atoms with van der Waals surface area (Å²) < 4.78 is 37.5. The van der Waals surface area contributed by atoms with Gasteiger partial charge in [-0.3, -0.25) is 10.1 Å². The number of hydrogen-bond acceptors (Lipinski definition) is 2. The molecule has 0 aliphatic heterocycles. The van der Waals surface area contributed by atoms with Crippen molar-refractivity contribution in [1.82, 2.24) is 15.2 Å². The van der Waals surface area contributed by atoms with Crippen LogP contribution < -0.4 is 0 Å². The molecule has 0 saturated carbocycles.